The highest BCUT2D eigenvalue weighted by molar-refractivity contribution is 5.98. The van der Waals surface area contributed by atoms with E-state index in [1.807, 2.05) is 43.6 Å². The van der Waals surface area contributed by atoms with Gasteiger partial charge in [0.05, 0.1) is 6.04 Å². The molecule has 2 aromatic rings. The zero-order chi connectivity index (χ0) is 19.3. The summed E-state index contributed by atoms with van der Waals surface area (Å²) < 4.78 is 0. The van der Waals surface area contributed by atoms with E-state index in [0.717, 1.165) is 18.5 Å². The van der Waals surface area contributed by atoms with Crippen LogP contribution in [-0.2, 0) is 12.0 Å². The van der Waals surface area contributed by atoms with Crippen LogP contribution in [-0.4, -0.2) is 28.8 Å². The Hall–Kier alpha value is -2.00. The smallest absolute Gasteiger partial charge is 0.198 e. The lowest BCUT2D eigenvalue weighted by molar-refractivity contribution is 0.0810. The molecule has 3 nitrogen and oxygen atoms in total. The highest BCUT2D eigenvalue weighted by Crippen LogP contribution is 2.22. The summed E-state index contributed by atoms with van der Waals surface area (Å²) in [5.74, 6) is 0.550. The standard InChI is InChI=1S/C23H32N2O/c1-17(2)14-21(25(6)16-18-10-8-7-9-11-18)22(26)20-13-12-19(15-24-20)23(3,4)5/h7-13,15,17,21H,14,16H2,1-6H3. The van der Waals surface area contributed by atoms with Crippen molar-refractivity contribution in [1.29, 1.82) is 0 Å². The first kappa shape index (κ1) is 20.3. The van der Waals surface area contributed by atoms with Crippen LogP contribution in [0.5, 0.6) is 0 Å². The lowest BCUT2D eigenvalue weighted by Gasteiger charge is -2.28. The summed E-state index contributed by atoms with van der Waals surface area (Å²) >= 11 is 0. The van der Waals surface area contributed by atoms with Gasteiger partial charge < -0.3 is 0 Å². The average Bonchev–Trinajstić information content (AvgIpc) is 2.59. The zero-order valence-corrected chi connectivity index (χ0v) is 17.0. The van der Waals surface area contributed by atoms with Gasteiger partial charge in [-0.2, -0.15) is 0 Å². The Labute approximate surface area is 158 Å². The van der Waals surface area contributed by atoms with Crippen LogP contribution in [0, 0.1) is 5.92 Å². The maximum atomic E-state index is 13.2. The van der Waals surface area contributed by atoms with E-state index >= 15 is 0 Å². The molecule has 0 saturated carbocycles. The molecular formula is C23H32N2O. The van der Waals surface area contributed by atoms with E-state index < -0.39 is 0 Å². The van der Waals surface area contributed by atoms with E-state index in [0.29, 0.717) is 11.6 Å². The predicted octanol–water partition coefficient (Wildman–Crippen LogP) is 5.11. The molecule has 0 radical (unpaired) electrons. The molecule has 26 heavy (non-hydrogen) atoms. The summed E-state index contributed by atoms with van der Waals surface area (Å²) in [6.45, 7) is 11.5. The molecule has 1 aromatic heterocycles. The van der Waals surface area contributed by atoms with Crippen molar-refractivity contribution in [2.24, 2.45) is 5.92 Å². The molecule has 3 heteroatoms. The summed E-state index contributed by atoms with van der Waals surface area (Å²) in [7, 11) is 2.03. The molecule has 0 amide bonds. The molecule has 1 aromatic carbocycles. The zero-order valence-electron chi connectivity index (χ0n) is 17.0. The van der Waals surface area contributed by atoms with Crippen molar-refractivity contribution in [2.75, 3.05) is 7.05 Å². The maximum Gasteiger partial charge on any atom is 0.198 e. The Morgan fingerprint density at radius 3 is 2.23 bits per heavy atom. The first-order valence-corrected chi connectivity index (χ1v) is 9.43. The van der Waals surface area contributed by atoms with Gasteiger partial charge in [-0.05, 0) is 42.0 Å². The fourth-order valence-corrected chi connectivity index (χ4v) is 3.07. The number of Topliss-reactive ketones (excluding diaryl/α,β-unsaturated/α-hetero) is 1. The summed E-state index contributed by atoms with van der Waals surface area (Å²) in [6.07, 6.45) is 2.67. The topological polar surface area (TPSA) is 33.2 Å². The van der Waals surface area contributed by atoms with Crippen LogP contribution in [0.2, 0.25) is 0 Å². The van der Waals surface area contributed by atoms with Crippen molar-refractivity contribution in [2.45, 2.75) is 59.0 Å². The van der Waals surface area contributed by atoms with Crippen LogP contribution >= 0.6 is 0 Å². The van der Waals surface area contributed by atoms with Crippen LogP contribution in [0.1, 0.15) is 62.7 Å². The first-order chi connectivity index (χ1) is 12.2. The van der Waals surface area contributed by atoms with Gasteiger partial charge in [-0.15, -0.1) is 0 Å². The van der Waals surface area contributed by atoms with Gasteiger partial charge in [-0.1, -0.05) is 71.0 Å². The Morgan fingerprint density at radius 1 is 1.08 bits per heavy atom. The molecule has 1 heterocycles. The minimum atomic E-state index is -0.164. The van der Waals surface area contributed by atoms with Crippen molar-refractivity contribution < 1.29 is 4.79 Å². The number of carbonyl (C=O) groups excluding carboxylic acids is 1. The molecule has 0 spiro atoms. The molecule has 2 rings (SSSR count). The fraction of sp³-hybridized carbons (Fsp3) is 0.478. The van der Waals surface area contributed by atoms with E-state index in [1.165, 1.54) is 5.56 Å². The third-order valence-corrected chi connectivity index (χ3v) is 4.69. The Bertz CT molecular complexity index is 699. The fourth-order valence-electron chi connectivity index (χ4n) is 3.07. The third-order valence-electron chi connectivity index (χ3n) is 4.69. The van der Waals surface area contributed by atoms with Gasteiger partial charge in [0.2, 0.25) is 0 Å². The minimum absolute atomic E-state index is 0.0377. The molecule has 140 valence electrons. The van der Waals surface area contributed by atoms with E-state index in [4.69, 9.17) is 0 Å². The first-order valence-electron chi connectivity index (χ1n) is 9.43. The average molecular weight is 353 g/mol. The van der Waals surface area contributed by atoms with Crippen molar-refractivity contribution in [3.8, 4) is 0 Å². The quantitative estimate of drug-likeness (QED) is 0.649. The number of pyridine rings is 1. The molecule has 1 unspecified atom stereocenters. The molecule has 0 aliphatic carbocycles. The second kappa shape index (κ2) is 8.59. The van der Waals surface area contributed by atoms with Gasteiger partial charge >= 0.3 is 0 Å². The maximum absolute atomic E-state index is 13.2. The van der Waals surface area contributed by atoms with Gasteiger partial charge in [-0.25, -0.2) is 0 Å². The Morgan fingerprint density at radius 2 is 1.73 bits per heavy atom. The number of carbonyl (C=O) groups is 1. The van der Waals surface area contributed by atoms with Gasteiger partial charge in [0.1, 0.15) is 5.69 Å². The number of likely N-dealkylation sites (N-methyl/N-ethyl adjacent to an activating group) is 1. The van der Waals surface area contributed by atoms with Crippen molar-refractivity contribution in [3.05, 3.63) is 65.5 Å². The third kappa shape index (κ3) is 5.50. The number of hydrogen-bond donors (Lipinski definition) is 0. The molecule has 0 bridgehead atoms. The van der Waals surface area contributed by atoms with Crippen LogP contribution in [0.15, 0.2) is 48.7 Å². The van der Waals surface area contributed by atoms with Gasteiger partial charge in [0.15, 0.2) is 5.78 Å². The predicted molar refractivity (Wildman–Crippen MR) is 108 cm³/mol. The number of rotatable bonds is 7. The SMILES string of the molecule is CC(C)CC(C(=O)c1ccc(C(C)(C)C)cn1)N(C)Cc1ccccc1. The molecule has 1 atom stereocenters. The summed E-state index contributed by atoms with van der Waals surface area (Å²) in [4.78, 5) is 19.8. The summed E-state index contributed by atoms with van der Waals surface area (Å²) in [6, 6.07) is 14.0. The van der Waals surface area contributed by atoms with E-state index in [-0.39, 0.29) is 17.2 Å². The van der Waals surface area contributed by atoms with E-state index in [2.05, 4.69) is 56.6 Å². The number of benzene rings is 1. The van der Waals surface area contributed by atoms with Crippen LogP contribution in [0.25, 0.3) is 0 Å². The number of ketones is 1. The number of nitrogens with zero attached hydrogens (tertiary/aromatic N) is 2. The monoisotopic (exact) mass is 352 g/mol. The highest BCUT2D eigenvalue weighted by Gasteiger charge is 2.26. The van der Waals surface area contributed by atoms with E-state index in [9.17, 15) is 4.79 Å². The number of aromatic nitrogens is 1. The second-order valence-corrected chi connectivity index (χ2v) is 8.59. The van der Waals surface area contributed by atoms with Gasteiger partial charge in [0, 0.05) is 12.7 Å². The van der Waals surface area contributed by atoms with Crippen molar-refractivity contribution >= 4 is 5.78 Å². The molecular weight excluding hydrogens is 320 g/mol. The molecule has 0 saturated heterocycles. The number of hydrogen-bond acceptors (Lipinski definition) is 3. The van der Waals surface area contributed by atoms with Crippen molar-refractivity contribution in [1.82, 2.24) is 9.88 Å². The molecule has 0 aliphatic heterocycles. The normalized spacial score (nSPS) is 13.2. The lowest BCUT2D eigenvalue weighted by atomic mass is 9.88. The summed E-state index contributed by atoms with van der Waals surface area (Å²) in [5, 5.41) is 0. The molecule has 0 aliphatic rings. The summed E-state index contributed by atoms with van der Waals surface area (Å²) in [5.41, 5.74) is 2.96. The molecule has 0 fully saturated rings. The lowest BCUT2D eigenvalue weighted by Crippen LogP contribution is -2.39. The van der Waals surface area contributed by atoms with Gasteiger partial charge in [-0.3, -0.25) is 14.7 Å². The second-order valence-electron chi connectivity index (χ2n) is 8.59. The van der Waals surface area contributed by atoms with Crippen molar-refractivity contribution in [3.63, 3.8) is 0 Å². The Balaban J connectivity index is 2.20. The largest absolute Gasteiger partial charge is 0.292 e. The van der Waals surface area contributed by atoms with Crippen LogP contribution in [0.4, 0.5) is 0 Å². The molecule has 0 N–H and O–H groups in total. The van der Waals surface area contributed by atoms with Gasteiger partial charge in [0.25, 0.3) is 0 Å². The van der Waals surface area contributed by atoms with Crippen LogP contribution in [0.3, 0.4) is 0 Å². The van der Waals surface area contributed by atoms with Crippen LogP contribution < -0.4 is 0 Å². The minimum Gasteiger partial charge on any atom is -0.292 e. The Kier molecular flexibility index (Phi) is 6.71. The highest BCUT2D eigenvalue weighted by atomic mass is 16.1. The van der Waals surface area contributed by atoms with E-state index in [1.54, 1.807) is 0 Å².